The Morgan fingerprint density at radius 1 is 0.913 bits per heavy atom. The quantitative estimate of drug-likeness (QED) is 0.779. The highest BCUT2D eigenvalue weighted by Gasteiger charge is 2.36. The molecule has 23 heavy (non-hydrogen) atoms. The molecule has 0 N–H and O–H groups in total. The molecule has 1 saturated heterocycles. The molecule has 2 aromatic carbocycles. The van der Waals surface area contributed by atoms with Gasteiger partial charge < -0.3 is 9.47 Å². The first-order chi connectivity index (χ1) is 11.3. The highest BCUT2D eigenvalue weighted by Crippen LogP contribution is 2.28. The lowest BCUT2D eigenvalue weighted by Gasteiger charge is -2.18. The maximum Gasteiger partial charge on any atom is 0.172 e. The molecule has 1 aliphatic heterocycles. The molecule has 0 aromatic heterocycles. The molecule has 3 rings (SSSR count). The van der Waals surface area contributed by atoms with Crippen LogP contribution in [0, 0.1) is 0 Å². The molecule has 1 aliphatic rings. The Morgan fingerprint density at radius 3 is 2.17 bits per heavy atom. The fraction of sp³-hybridized carbons (Fsp3) is 0.316. The number of Topliss-reactive ketones (excluding diaryl/α,β-unsaturated/α-hetero) is 1. The van der Waals surface area contributed by atoms with Gasteiger partial charge in [0.15, 0.2) is 5.78 Å². The number of carbonyl (C=O) groups is 1. The third-order valence-corrected chi connectivity index (χ3v) is 5.02. The Labute approximate surface area is 141 Å². The van der Waals surface area contributed by atoms with E-state index in [1.54, 1.807) is 11.8 Å². The smallest absolute Gasteiger partial charge is 0.172 e. The van der Waals surface area contributed by atoms with Crippen molar-refractivity contribution in [2.24, 2.45) is 0 Å². The van der Waals surface area contributed by atoms with Gasteiger partial charge in [-0.25, -0.2) is 0 Å². The predicted molar refractivity (Wildman–Crippen MR) is 92.4 cm³/mol. The molecular formula is C19H20O3S. The van der Waals surface area contributed by atoms with Gasteiger partial charge in [-0.05, 0) is 11.1 Å². The van der Waals surface area contributed by atoms with Gasteiger partial charge >= 0.3 is 0 Å². The van der Waals surface area contributed by atoms with E-state index >= 15 is 0 Å². The highest BCUT2D eigenvalue weighted by molar-refractivity contribution is 8.01. The van der Waals surface area contributed by atoms with Gasteiger partial charge in [0.25, 0.3) is 0 Å². The lowest BCUT2D eigenvalue weighted by molar-refractivity contribution is -0.128. The summed E-state index contributed by atoms with van der Waals surface area (Å²) in [6.45, 7) is 1.56. The first-order valence-electron chi connectivity index (χ1n) is 7.74. The summed E-state index contributed by atoms with van der Waals surface area (Å²) in [6.07, 6.45) is -0.365. The van der Waals surface area contributed by atoms with Crippen LogP contribution in [0.5, 0.6) is 0 Å². The number of rotatable bonds is 7. The summed E-state index contributed by atoms with van der Waals surface area (Å²) in [5, 5.41) is 0.0786. The minimum Gasteiger partial charge on any atom is -0.376 e. The zero-order chi connectivity index (χ0) is 15.9. The van der Waals surface area contributed by atoms with Crippen molar-refractivity contribution in [1.29, 1.82) is 0 Å². The molecule has 2 aromatic rings. The zero-order valence-electron chi connectivity index (χ0n) is 12.9. The van der Waals surface area contributed by atoms with E-state index in [9.17, 15) is 4.79 Å². The molecule has 0 bridgehead atoms. The van der Waals surface area contributed by atoms with Crippen LogP contribution in [0.3, 0.4) is 0 Å². The van der Waals surface area contributed by atoms with E-state index in [0.717, 1.165) is 11.1 Å². The van der Waals surface area contributed by atoms with Crippen molar-refractivity contribution in [2.75, 3.05) is 12.4 Å². The molecule has 0 amide bonds. The van der Waals surface area contributed by atoms with Crippen molar-refractivity contribution >= 4 is 17.5 Å². The second-order valence-electron chi connectivity index (χ2n) is 5.53. The summed E-state index contributed by atoms with van der Waals surface area (Å²) >= 11 is 1.63. The van der Waals surface area contributed by atoms with E-state index in [-0.39, 0.29) is 17.1 Å². The summed E-state index contributed by atoms with van der Waals surface area (Å²) in [7, 11) is 0. The van der Waals surface area contributed by atoms with Crippen LogP contribution < -0.4 is 0 Å². The molecule has 0 saturated carbocycles. The second-order valence-corrected chi connectivity index (χ2v) is 6.76. The fourth-order valence-corrected chi connectivity index (χ4v) is 3.67. The number of thioether (sulfide) groups is 1. The number of ketones is 1. The van der Waals surface area contributed by atoms with E-state index in [4.69, 9.17) is 9.47 Å². The maximum atomic E-state index is 12.0. The zero-order valence-corrected chi connectivity index (χ0v) is 13.7. The normalized spacial score (nSPS) is 20.8. The molecule has 1 heterocycles. The second kappa shape index (κ2) is 8.29. The third-order valence-electron chi connectivity index (χ3n) is 3.76. The van der Waals surface area contributed by atoms with Gasteiger partial charge in [0.1, 0.15) is 6.10 Å². The topological polar surface area (TPSA) is 35.5 Å². The average Bonchev–Trinajstić information content (AvgIpc) is 2.95. The number of ether oxygens (including phenoxy) is 2. The van der Waals surface area contributed by atoms with E-state index < -0.39 is 0 Å². The standard InChI is InChI=1S/C19H20O3S/c20-17-14-23-18(13-21-11-15-7-3-1-4-8-15)19(17)22-12-16-9-5-2-6-10-16/h1-10,18-19H,11-14H2/t18-,19+/m0/s1. The van der Waals surface area contributed by atoms with Crippen LogP contribution in [0.1, 0.15) is 11.1 Å². The summed E-state index contributed by atoms with van der Waals surface area (Å²) in [5.74, 6) is 0.679. The van der Waals surface area contributed by atoms with Gasteiger partial charge in [0.05, 0.1) is 30.8 Å². The van der Waals surface area contributed by atoms with E-state index in [2.05, 4.69) is 0 Å². The largest absolute Gasteiger partial charge is 0.376 e. The van der Waals surface area contributed by atoms with Crippen molar-refractivity contribution in [1.82, 2.24) is 0 Å². The third kappa shape index (κ3) is 4.67. The van der Waals surface area contributed by atoms with E-state index in [1.165, 1.54) is 0 Å². The van der Waals surface area contributed by atoms with Gasteiger partial charge in [0, 0.05) is 0 Å². The van der Waals surface area contributed by atoms with Crippen LogP contribution in [-0.4, -0.2) is 29.5 Å². The molecule has 1 fully saturated rings. The van der Waals surface area contributed by atoms with E-state index in [1.807, 2.05) is 60.7 Å². The Kier molecular flexibility index (Phi) is 5.86. The first-order valence-corrected chi connectivity index (χ1v) is 8.79. The molecule has 0 aliphatic carbocycles. The van der Waals surface area contributed by atoms with Gasteiger partial charge in [-0.15, -0.1) is 11.8 Å². The first kappa shape index (κ1) is 16.2. The summed E-state index contributed by atoms with van der Waals surface area (Å²) in [4.78, 5) is 12.0. The number of hydrogen-bond acceptors (Lipinski definition) is 4. The molecule has 120 valence electrons. The van der Waals surface area contributed by atoms with Gasteiger partial charge in [-0.3, -0.25) is 4.79 Å². The van der Waals surface area contributed by atoms with Crippen LogP contribution in [0.2, 0.25) is 0 Å². The molecule has 0 unspecified atom stereocenters. The summed E-state index contributed by atoms with van der Waals surface area (Å²) < 4.78 is 11.6. The van der Waals surface area contributed by atoms with Crippen molar-refractivity contribution in [2.45, 2.75) is 24.6 Å². The minimum atomic E-state index is -0.365. The molecule has 0 radical (unpaired) electrons. The van der Waals surface area contributed by atoms with Crippen LogP contribution in [0.4, 0.5) is 0 Å². The van der Waals surface area contributed by atoms with Crippen LogP contribution >= 0.6 is 11.8 Å². The van der Waals surface area contributed by atoms with Crippen LogP contribution in [0.25, 0.3) is 0 Å². The highest BCUT2D eigenvalue weighted by atomic mass is 32.2. The van der Waals surface area contributed by atoms with Crippen molar-refractivity contribution < 1.29 is 14.3 Å². The van der Waals surface area contributed by atoms with Crippen LogP contribution in [0.15, 0.2) is 60.7 Å². The molecule has 3 nitrogen and oxygen atoms in total. The Hall–Kier alpha value is -1.62. The van der Waals surface area contributed by atoms with E-state index in [0.29, 0.717) is 25.6 Å². The summed E-state index contributed by atoms with van der Waals surface area (Å²) in [5.41, 5.74) is 2.23. The van der Waals surface area contributed by atoms with Crippen molar-refractivity contribution in [3.63, 3.8) is 0 Å². The van der Waals surface area contributed by atoms with Gasteiger partial charge in [-0.2, -0.15) is 0 Å². The SMILES string of the molecule is O=C1CS[C@@H](COCc2ccccc2)[C@@H]1OCc1ccccc1. The summed E-state index contributed by atoms with van der Waals surface area (Å²) in [6, 6.07) is 20.0. The van der Waals surface area contributed by atoms with Crippen molar-refractivity contribution in [3.05, 3.63) is 71.8 Å². The van der Waals surface area contributed by atoms with Gasteiger partial charge in [-0.1, -0.05) is 60.7 Å². The lowest BCUT2D eigenvalue weighted by Crippen LogP contribution is -2.31. The predicted octanol–water partition coefficient (Wildman–Crippen LogP) is 3.47. The molecule has 0 spiro atoms. The molecular weight excluding hydrogens is 308 g/mol. The Bertz CT molecular complexity index is 615. The minimum absolute atomic E-state index is 0.0786. The number of benzene rings is 2. The maximum absolute atomic E-state index is 12.0. The molecule has 2 atom stereocenters. The Balaban J connectivity index is 1.49. The number of carbonyl (C=O) groups excluding carboxylic acids is 1. The lowest BCUT2D eigenvalue weighted by atomic mass is 10.2. The monoisotopic (exact) mass is 328 g/mol. The average molecular weight is 328 g/mol. The van der Waals surface area contributed by atoms with Crippen LogP contribution in [-0.2, 0) is 27.5 Å². The fourth-order valence-electron chi connectivity index (χ4n) is 2.53. The van der Waals surface area contributed by atoms with Crippen molar-refractivity contribution in [3.8, 4) is 0 Å². The Morgan fingerprint density at radius 2 is 1.52 bits per heavy atom. The molecule has 4 heteroatoms. The number of hydrogen-bond donors (Lipinski definition) is 0. The van der Waals surface area contributed by atoms with Gasteiger partial charge in [0.2, 0.25) is 0 Å².